The molecule has 0 aliphatic carbocycles. The van der Waals surface area contributed by atoms with Crippen molar-refractivity contribution in [2.75, 3.05) is 13.1 Å². The number of nitrogens with zero attached hydrogens (tertiary/aromatic N) is 2. The second kappa shape index (κ2) is 4.68. The highest BCUT2D eigenvalue weighted by molar-refractivity contribution is 5.87. The second-order valence-corrected chi connectivity index (χ2v) is 3.36. The summed E-state index contributed by atoms with van der Waals surface area (Å²) < 4.78 is 0. The molecule has 0 aromatic heterocycles. The van der Waals surface area contributed by atoms with Crippen molar-refractivity contribution in [1.29, 1.82) is 0 Å². The SMILES string of the molecule is O=CC1C(C(=O)O)N(C(=O)O)CCN1C(=O)O. The fourth-order valence-electron chi connectivity index (χ4n) is 1.72. The summed E-state index contributed by atoms with van der Waals surface area (Å²) in [5.41, 5.74) is 0. The summed E-state index contributed by atoms with van der Waals surface area (Å²) >= 11 is 0. The van der Waals surface area contributed by atoms with E-state index in [1.54, 1.807) is 0 Å². The molecule has 1 heterocycles. The zero-order valence-electron chi connectivity index (χ0n) is 8.52. The Balaban J connectivity index is 3.08. The van der Waals surface area contributed by atoms with Crippen molar-refractivity contribution in [1.82, 2.24) is 9.80 Å². The lowest BCUT2D eigenvalue weighted by Gasteiger charge is -2.40. The van der Waals surface area contributed by atoms with E-state index >= 15 is 0 Å². The van der Waals surface area contributed by atoms with Gasteiger partial charge in [0, 0.05) is 13.1 Å². The van der Waals surface area contributed by atoms with Crippen LogP contribution in [0.2, 0.25) is 0 Å². The number of aliphatic carboxylic acids is 1. The number of carboxylic acids is 1. The minimum atomic E-state index is -1.71. The number of rotatable bonds is 2. The molecule has 9 heteroatoms. The molecular formula is C8H10N2O7. The number of carbonyl (C=O) groups is 4. The average molecular weight is 246 g/mol. The summed E-state index contributed by atoms with van der Waals surface area (Å²) in [6.45, 7) is -0.530. The quantitative estimate of drug-likeness (QED) is 0.530. The summed E-state index contributed by atoms with van der Waals surface area (Å²) in [5.74, 6) is -1.56. The zero-order valence-corrected chi connectivity index (χ0v) is 8.52. The van der Waals surface area contributed by atoms with Crippen LogP contribution >= 0.6 is 0 Å². The Hall–Kier alpha value is -2.32. The van der Waals surface area contributed by atoms with E-state index in [9.17, 15) is 19.2 Å². The summed E-state index contributed by atoms with van der Waals surface area (Å²) in [6.07, 6.45) is -2.84. The molecule has 17 heavy (non-hydrogen) atoms. The third-order valence-electron chi connectivity index (χ3n) is 2.48. The van der Waals surface area contributed by atoms with Crippen LogP contribution in [0.25, 0.3) is 0 Å². The minimum Gasteiger partial charge on any atom is -0.480 e. The molecule has 1 aliphatic heterocycles. The Kier molecular flexibility index (Phi) is 3.51. The van der Waals surface area contributed by atoms with Crippen LogP contribution in [-0.4, -0.2) is 74.7 Å². The minimum absolute atomic E-state index is 0.127. The van der Waals surface area contributed by atoms with Gasteiger partial charge in [-0.05, 0) is 0 Å². The molecular weight excluding hydrogens is 236 g/mol. The van der Waals surface area contributed by atoms with Gasteiger partial charge in [0.25, 0.3) is 0 Å². The van der Waals surface area contributed by atoms with E-state index in [1.165, 1.54) is 0 Å². The lowest BCUT2D eigenvalue weighted by Crippen LogP contribution is -2.65. The van der Waals surface area contributed by atoms with Crippen LogP contribution in [0, 0.1) is 0 Å². The number of piperazine rings is 1. The van der Waals surface area contributed by atoms with Crippen molar-refractivity contribution >= 4 is 24.4 Å². The molecule has 0 bridgehead atoms. The summed E-state index contributed by atoms with van der Waals surface area (Å²) in [7, 11) is 0. The molecule has 2 amide bonds. The Labute approximate surface area is 94.8 Å². The Morgan fingerprint density at radius 3 is 1.82 bits per heavy atom. The van der Waals surface area contributed by atoms with Crippen molar-refractivity contribution < 1.29 is 34.5 Å². The van der Waals surface area contributed by atoms with Gasteiger partial charge in [0.05, 0.1) is 0 Å². The van der Waals surface area contributed by atoms with Crippen molar-refractivity contribution in [3.63, 3.8) is 0 Å². The molecule has 2 atom stereocenters. The van der Waals surface area contributed by atoms with Crippen molar-refractivity contribution in [3.8, 4) is 0 Å². The van der Waals surface area contributed by atoms with Crippen LogP contribution in [0.1, 0.15) is 0 Å². The number of carbonyl (C=O) groups excluding carboxylic acids is 1. The van der Waals surface area contributed by atoms with Gasteiger partial charge < -0.3 is 20.1 Å². The highest BCUT2D eigenvalue weighted by Gasteiger charge is 2.45. The van der Waals surface area contributed by atoms with Crippen LogP contribution in [0.3, 0.4) is 0 Å². The molecule has 1 saturated heterocycles. The molecule has 3 N–H and O–H groups in total. The number of carboxylic acid groups (broad SMARTS) is 3. The molecule has 1 aliphatic rings. The normalized spacial score (nSPS) is 24.2. The van der Waals surface area contributed by atoms with Gasteiger partial charge in [-0.3, -0.25) is 9.80 Å². The summed E-state index contributed by atoms with van der Waals surface area (Å²) in [4.78, 5) is 44.4. The van der Waals surface area contributed by atoms with Crippen LogP contribution in [0.4, 0.5) is 9.59 Å². The van der Waals surface area contributed by atoms with Gasteiger partial charge >= 0.3 is 18.2 Å². The van der Waals surface area contributed by atoms with E-state index < -0.39 is 30.2 Å². The average Bonchev–Trinajstić information content (AvgIpc) is 2.26. The molecule has 1 fully saturated rings. The smallest absolute Gasteiger partial charge is 0.408 e. The zero-order chi connectivity index (χ0) is 13.2. The van der Waals surface area contributed by atoms with Gasteiger partial charge in [-0.25, -0.2) is 14.4 Å². The lowest BCUT2D eigenvalue weighted by atomic mass is 10.0. The fourth-order valence-corrected chi connectivity index (χ4v) is 1.72. The molecule has 94 valence electrons. The summed E-state index contributed by atoms with van der Waals surface area (Å²) in [5, 5.41) is 26.4. The number of amides is 2. The number of aldehydes is 1. The van der Waals surface area contributed by atoms with Gasteiger partial charge in [-0.2, -0.15) is 0 Å². The van der Waals surface area contributed by atoms with E-state index in [2.05, 4.69) is 0 Å². The highest BCUT2D eigenvalue weighted by Crippen LogP contribution is 2.17. The number of hydrogen-bond acceptors (Lipinski definition) is 4. The Morgan fingerprint density at radius 2 is 1.47 bits per heavy atom. The molecule has 0 saturated carbocycles. The second-order valence-electron chi connectivity index (χ2n) is 3.36. The van der Waals surface area contributed by atoms with Gasteiger partial charge in [-0.1, -0.05) is 0 Å². The standard InChI is InChI=1S/C8H10N2O7/c11-3-4-5(6(12)13)10(8(16)17)2-1-9(4)7(14)15/h3-5H,1-2H2,(H,12,13)(H,14,15)(H,16,17). The van der Waals surface area contributed by atoms with Gasteiger partial charge in [0.1, 0.15) is 12.3 Å². The van der Waals surface area contributed by atoms with Crippen LogP contribution in [0.15, 0.2) is 0 Å². The van der Waals surface area contributed by atoms with Gasteiger partial charge in [-0.15, -0.1) is 0 Å². The van der Waals surface area contributed by atoms with Gasteiger partial charge in [0.2, 0.25) is 0 Å². The maximum atomic E-state index is 10.9. The first-order valence-electron chi connectivity index (χ1n) is 4.57. The Bertz CT molecular complexity index is 369. The Morgan fingerprint density at radius 1 is 1.00 bits per heavy atom. The predicted octanol–water partition coefficient (Wildman–Crippen LogP) is -1.02. The van der Waals surface area contributed by atoms with Crippen molar-refractivity contribution in [2.24, 2.45) is 0 Å². The first-order chi connectivity index (χ1) is 7.90. The molecule has 0 aromatic carbocycles. The van der Waals surface area contributed by atoms with E-state index in [0.29, 0.717) is 9.80 Å². The third kappa shape index (κ3) is 2.27. The maximum Gasteiger partial charge on any atom is 0.408 e. The van der Waals surface area contributed by atoms with Crippen LogP contribution in [0.5, 0.6) is 0 Å². The summed E-state index contributed by atoms with van der Waals surface area (Å²) in [6, 6.07) is -3.25. The monoisotopic (exact) mass is 246 g/mol. The molecule has 9 nitrogen and oxygen atoms in total. The van der Waals surface area contributed by atoms with Crippen molar-refractivity contribution in [3.05, 3.63) is 0 Å². The first-order valence-corrected chi connectivity index (χ1v) is 4.57. The molecule has 0 spiro atoms. The molecule has 0 radical (unpaired) electrons. The van der Waals surface area contributed by atoms with E-state index in [1.807, 2.05) is 0 Å². The molecule has 2 unspecified atom stereocenters. The molecule has 1 rings (SSSR count). The third-order valence-corrected chi connectivity index (χ3v) is 2.48. The van der Waals surface area contributed by atoms with E-state index in [4.69, 9.17) is 15.3 Å². The van der Waals surface area contributed by atoms with E-state index in [-0.39, 0.29) is 19.4 Å². The lowest BCUT2D eigenvalue weighted by molar-refractivity contribution is -0.148. The first kappa shape index (κ1) is 12.7. The van der Waals surface area contributed by atoms with Crippen LogP contribution in [-0.2, 0) is 9.59 Å². The fraction of sp³-hybridized carbons (Fsp3) is 0.500. The highest BCUT2D eigenvalue weighted by atomic mass is 16.4. The van der Waals surface area contributed by atoms with Crippen LogP contribution < -0.4 is 0 Å². The van der Waals surface area contributed by atoms with E-state index in [0.717, 1.165) is 0 Å². The molecule has 0 aromatic rings. The largest absolute Gasteiger partial charge is 0.480 e. The topological polar surface area (TPSA) is 135 Å². The van der Waals surface area contributed by atoms with Gasteiger partial charge in [0.15, 0.2) is 6.04 Å². The number of hydrogen-bond donors (Lipinski definition) is 3. The predicted molar refractivity (Wildman–Crippen MR) is 50.7 cm³/mol. The maximum absolute atomic E-state index is 10.9. The van der Waals surface area contributed by atoms with Crippen molar-refractivity contribution in [2.45, 2.75) is 12.1 Å².